The Morgan fingerprint density at radius 3 is 3.00 bits per heavy atom. The van der Waals surface area contributed by atoms with Crippen molar-refractivity contribution < 1.29 is 4.79 Å². The Labute approximate surface area is 101 Å². The fourth-order valence-corrected chi connectivity index (χ4v) is 2.48. The number of hydrogen-bond acceptors (Lipinski definition) is 5. The highest BCUT2D eigenvalue weighted by molar-refractivity contribution is 7.10. The molecule has 2 aromatic heterocycles. The number of carbonyl (C=O) groups is 1. The lowest BCUT2D eigenvalue weighted by atomic mass is 10.4. The summed E-state index contributed by atoms with van der Waals surface area (Å²) in [7, 11) is 0. The zero-order chi connectivity index (χ0) is 11.4. The van der Waals surface area contributed by atoms with Crippen LogP contribution in [0.5, 0.6) is 0 Å². The zero-order valence-electron chi connectivity index (χ0n) is 8.47. The molecule has 0 aromatic carbocycles. The van der Waals surface area contributed by atoms with E-state index in [4.69, 9.17) is 5.73 Å². The molecule has 6 heteroatoms. The molecule has 2 aromatic rings. The Bertz CT molecular complexity index is 464. The Morgan fingerprint density at radius 2 is 2.38 bits per heavy atom. The number of rotatable bonds is 4. The minimum absolute atomic E-state index is 0.149. The monoisotopic (exact) mass is 253 g/mol. The van der Waals surface area contributed by atoms with E-state index in [9.17, 15) is 4.79 Å². The molecule has 0 unspecified atom stereocenters. The average molecular weight is 253 g/mol. The van der Waals surface area contributed by atoms with E-state index in [0.717, 1.165) is 9.88 Å². The van der Waals surface area contributed by atoms with Crippen LogP contribution in [0, 0.1) is 0 Å². The Morgan fingerprint density at radius 1 is 1.50 bits per heavy atom. The van der Waals surface area contributed by atoms with Crippen LogP contribution in [-0.4, -0.2) is 10.9 Å². The van der Waals surface area contributed by atoms with Crippen molar-refractivity contribution in [1.29, 1.82) is 0 Å². The molecular weight excluding hydrogens is 242 g/mol. The summed E-state index contributed by atoms with van der Waals surface area (Å²) < 4.78 is 0. The second-order valence-corrected chi connectivity index (χ2v) is 5.07. The van der Waals surface area contributed by atoms with Gasteiger partial charge in [0.25, 0.3) is 5.91 Å². The van der Waals surface area contributed by atoms with Gasteiger partial charge in [0.15, 0.2) is 0 Å². The molecule has 0 aliphatic carbocycles. The fourth-order valence-electron chi connectivity index (χ4n) is 1.18. The second kappa shape index (κ2) is 5.20. The van der Waals surface area contributed by atoms with Crippen molar-refractivity contribution in [1.82, 2.24) is 10.3 Å². The largest absolute Gasteiger partial charge is 0.346 e. The van der Waals surface area contributed by atoms with Crippen LogP contribution in [0.3, 0.4) is 0 Å². The minimum atomic E-state index is -0.149. The number of hydrogen-bond donors (Lipinski definition) is 2. The molecule has 0 radical (unpaired) electrons. The zero-order valence-corrected chi connectivity index (χ0v) is 10.1. The van der Waals surface area contributed by atoms with Gasteiger partial charge in [-0.1, -0.05) is 6.07 Å². The van der Waals surface area contributed by atoms with Gasteiger partial charge in [-0.15, -0.1) is 22.7 Å². The van der Waals surface area contributed by atoms with Crippen molar-refractivity contribution in [2.24, 2.45) is 5.73 Å². The molecule has 4 nitrogen and oxygen atoms in total. The van der Waals surface area contributed by atoms with Gasteiger partial charge in [-0.2, -0.15) is 0 Å². The van der Waals surface area contributed by atoms with E-state index in [1.54, 1.807) is 16.7 Å². The summed E-state index contributed by atoms with van der Waals surface area (Å²) in [5, 5.41) is 7.30. The summed E-state index contributed by atoms with van der Waals surface area (Å²) in [6, 6.07) is 3.94. The summed E-state index contributed by atoms with van der Waals surface area (Å²) in [6.45, 7) is 0.925. The van der Waals surface area contributed by atoms with E-state index in [1.807, 2.05) is 17.5 Å². The van der Waals surface area contributed by atoms with Crippen molar-refractivity contribution in [2.75, 3.05) is 0 Å². The van der Waals surface area contributed by atoms with Gasteiger partial charge >= 0.3 is 0 Å². The quantitative estimate of drug-likeness (QED) is 0.869. The van der Waals surface area contributed by atoms with E-state index in [-0.39, 0.29) is 5.91 Å². The molecule has 2 heterocycles. The summed E-state index contributed by atoms with van der Waals surface area (Å²) >= 11 is 3.02. The smallest absolute Gasteiger partial charge is 0.271 e. The third-order valence-corrected chi connectivity index (χ3v) is 3.71. The summed E-state index contributed by atoms with van der Waals surface area (Å²) in [4.78, 5) is 16.9. The fraction of sp³-hybridized carbons (Fsp3) is 0.200. The lowest BCUT2D eigenvalue weighted by Crippen LogP contribution is -2.22. The van der Waals surface area contributed by atoms with Gasteiger partial charge in [-0.25, -0.2) is 4.98 Å². The predicted molar refractivity (Wildman–Crippen MR) is 65.5 cm³/mol. The van der Waals surface area contributed by atoms with Crippen molar-refractivity contribution in [3.63, 3.8) is 0 Å². The highest BCUT2D eigenvalue weighted by atomic mass is 32.1. The van der Waals surface area contributed by atoms with Gasteiger partial charge in [-0.05, 0) is 11.4 Å². The number of nitrogens with two attached hydrogens (primary N) is 1. The van der Waals surface area contributed by atoms with Crippen molar-refractivity contribution in [3.05, 3.63) is 38.5 Å². The van der Waals surface area contributed by atoms with Gasteiger partial charge < -0.3 is 11.1 Å². The number of nitrogens with one attached hydrogen (secondary N) is 1. The van der Waals surface area contributed by atoms with Crippen LogP contribution in [0.25, 0.3) is 0 Å². The van der Waals surface area contributed by atoms with E-state index < -0.39 is 0 Å². The highest BCUT2D eigenvalue weighted by Gasteiger charge is 2.09. The van der Waals surface area contributed by atoms with Crippen LogP contribution >= 0.6 is 22.7 Å². The molecule has 0 bridgehead atoms. The number of amides is 1. The first-order valence-electron chi connectivity index (χ1n) is 4.74. The van der Waals surface area contributed by atoms with Crippen LogP contribution in [-0.2, 0) is 13.1 Å². The Hall–Kier alpha value is -1.24. The average Bonchev–Trinajstić information content (AvgIpc) is 2.96. The lowest BCUT2D eigenvalue weighted by Gasteiger charge is -1.99. The number of thiophene rings is 1. The van der Waals surface area contributed by atoms with Crippen LogP contribution < -0.4 is 11.1 Å². The Kier molecular flexibility index (Phi) is 3.66. The summed E-state index contributed by atoms with van der Waals surface area (Å²) in [5.74, 6) is -0.149. The van der Waals surface area contributed by atoms with E-state index in [2.05, 4.69) is 10.3 Å². The standard InChI is InChI=1S/C10H11N3OS2/c11-4-9-13-8(6-16-9)10(14)12-5-7-2-1-3-15-7/h1-3,6H,4-5,11H2,(H,12,14). The van der Waals surface area contributed by atoms with Crippen LogP contribution in [0.15, 0.2) is 22.9 Å². The van der Waals surface area contributed by atoms with Crippen molar-refractivity contribution in [3.8, 4) is 0 Å². The van der Waals surface area contributed by atoms with Crippen LogP contribution in [0.4, 0.5) is 0 Å². The first kappa shape index (κ1) is 11.3. The number of thiazole rings is 1. The molecule has 1 amide bonds. The van der Waals surface area contributed by atoms with Gasteiger partial charge in [0.1, 0.15) is 10.7 Å². The third-order valence-electron chi connectivity index (χ3n) is 1.96. The molecule has 0 aliphatic rings. The molecule has 16 heavy (non-hydrogen) atoms. The first-order valence-corrected chi connectivity index (χ1v) is 6.50. The Balaban J connectivity index is 1.93. The first-order chi connectivity index (χ1) is 7.79. The minimum Gasteiger partial charge on any atom is -0.346 e. The number of carbonyl (C=O) groups excluding carboxylic acids is 1. The van der Waals surface area contributed by atoms with E-state index >= 15 is 0 Å². The molecule has 0 saturated carbocycles. The maximum absolute atomic E-state index is 11.7. The molecule has 2 rings (SSSR count). The molecule has 0 fully saturated rings. The maximum atomic E-state index is 11.7. The van der Waals surface area contributed by atoms with Gasteiger partial charge in [0.05, 0.1) is 6.54 Å². The number of aromatic nitrogens is 1. The molecule has 0 atom stereocenters. The predicted octanol–water partition coefficient (Wildman–Crippen LogP) is 1.59. The van der Waals surface area contributed by atoms with Crippen molar-refractivity contribution in [2.45, 2.75) is 13.1 Å². The summed E-state index contributed by atoms with van der Waals surface area (Å²) in [5.41, 5.74) is 5.88. The number of nitrogens with zero attached hydrogens (tertiary/aromatic N) is 1. The van der Waals surface area contributed by atoms with Crippen LogP contribution in [0.2, 0.25) is 0 Å². The van der Waals surface area contributed by atoms with Crippen molar-refractivity contribution >= 4 is 28.6 Å². The molecular formula is C10H11N3OS2. The van der Waals surface area contributed by atoms with Gasteiger partial charge in [-0.3, -0.25) is 4.79 Å². The second-order valence-electron chi connectivity index (χ2n) is 3.09. The van der Waals surface area contributed by atoms with E-state index in [1.165, 1.54) is 11.3 Å². The molecule has 84 valence electrons. The van der Waals surface area contributed by atoms with Gasteiger partial charge in [0, 0.05) is 16.8 Å². The third kappa shape index (κ3) is 2.66. The molecule has 0 saturated heterocycles. The normalized spacial score (nSPS) is 10.3. The SMILES string of the molecule is NCc1nc(C(=O)NCc2cccs2)cs1. The van der Waals surface area contributed by atoms with Crippen LogP contribution in [0.1, 0.15) is 20.4 Å². The molecule has 0 aliphatic heterocycles. The maximum Gasteiger partial charge on any atom is 0.271 e. The lowest BCUT2D eigenvalue weighted by molar-refractivity contribution is 0.0947. The van der Waals surface area contributed by atoms with E-state index in [0.29, 0.717) is 18.8 Å². The molecule has 3 N–H and O–H groups in total. The molecule has 0 spiro atoms. The topological polar surface area (TPSA) is 68.0 Å². The highest BCUT2D eigenvalue weighted by Crippen LogP contribution is 2.10. The van der Waals surface area contributed by atoms with Gasteiger partial charge in [0.2, 0.25) is 0 Å². The summed E-state index contributed by atoms with van der Waals surface area (Å²) in [6.07, 6.45) is 0.